The van der Waals surface area contributed by atoms with Crippen LogP contribution in [0.2, 0.25) is 0 Å². The number of amides is 2. The first-order valence-electron chi connectivity index (χ1n) is 9.41. The smallest absolute Gasteiger partial charge is 0.243 e. The van der Waals surface area contributed by atoms with Gasteiger partial charge in [0.15, 0.2) is 11.5 Å². The van der Waals surface area contributed by atoms with Crippen molar-refractivity contribution in [2.45, 2.75) is 23.8 Å². The molecule has 152 valence electrons. The van der Waals surface area contributed by atoms with Gasteiger partial charge in [-0.3, -0.25) is 9.59 Å². The molecule has 29 heavy (non-hydrogen) atoms. The van der Waals surface area contributed by atoms with E-state index in [1.54, 1.807) is 12.1 Å². The molecule has 6 nitrogen and oxygen atoms in total. The Kier molecular flexibility index (Phi) is 5.89. The van der Waals surface area contributed by atoms with Crippen LogP contribution < -0.4 is 20.1 Å². The van der Waals surface area contributed by atoms with Gasteiger partial charge in [-0.15, -0.1) is 11.8 Å². The fraction of sp³-hybridized carbons (Fsp3) is 0.333. The number of ether oxygens (including phenoxy) is 2. The second kappa shape index (κ2) is 8.73. The summed E-state index contributed by atoms with van der Waals surface area (Å²) in [5, 5.41) is 5.32. The van der Waals surface area contributed by atoms with Crippen molar-refractivity contribution in [2.24, 2.45) is 0 Å². The van der Waals surface area contributed by atoms with E-state index in [1.807, 2.05) is 24.3 Å². The van der Waals surface area contributed by atoms with Crippen LogP contribution in [0.4, 0.5) is 4.39 Å². The van der Waals surface area contributed by atoms with Gasteiger partial charge in [-0.2, -0.15) is 0 Å². The van der Waals surface area contributed by atoms with Gasteiger partial charge in [-0.25, -0.2) is 4.39 Å². The summed E-state index contributed by atoms with van der Waals surface area (Å²) in [5.74, 6) is 1.10. The summed E-state index contributed by atoms with van der Waals surface area (Å²) >= 11 is 1.44. The van der Waals surface area contributed by atoms with Crippen LogP contribution in [-0.2, 0) is 16.0 Å². The van der Waals surface area contributed by atoms with Crippen LogP contribution in [0.5, 0.6) is 11.5 Å². The third-order valence-corrected chi connectivity index (χ3v) is 6.10. The number of hydrogen-bond acceptors (Lipinski definition) is 5. The number of carbonyl (C=O) groups excluding carboxylic acids is 2. The predicted molar refractivity (Wildman–Crippen MR) is 108 cm³/mol. The Morgan fingerprint density at radius 1 is 1.17 bits per heavy atom. The monoisotopic (exact) mass is 416 g/mol. The van der Waals surface area contributed by atoms with Crippen LogP contribution in [-0.4, -0.2) is 48.1 Å². The second-order valence-electron chi connectivity index (χ2n) is 6.96. The zero-order valence-corrected chi connectivity index (χ0v) is 16.4. The lowest BCUT2D eigenvalue weighted by Crippen LogP contribution is -2.55. The number of nitrogens with one attached hydrogen (secondary N) is 2. The molecule has 0 radical (unpaired) electrons. The summed E-state index contributed by atoms with van der Waals surface area (Å²) in [6.07, 6.45) is 0.213. The SMILES string of the molecule is O=C(NC[C@@H]1COc2ccccc2O1)[C@@H]1CS[C@H](Cc2ccc(F)cc2)C(=O)N1. The molecule has 2 aromatic carbocycles. The molecule has 1 saturated heterocycles. The Morgan fingerprint density at radius 3 is 2.69 bits per heavy atom. The van der Waals surface area contributed by atoms with Gasteiger partial charge in [-0.1, -0.05) is 24.3 Å². The topological polar surface area (TPSA) is 76.7 Å². The summed E-state index contributed by atoms with van der Waals surface area (Å²) in [5.41, 5.74) is 0.886. The number of para-hydroxylation sites is 2. The van der Waals surface area contributed by atoms with E-state index in [1.165, 1.54) is 23.9 Å². The molecule has 0 saturated carbocycles. The van der Waals surface area contributed by atoms with Crippen LogP contribution in [0.1, 0.15) is 5.56 Å². The molecule has 0 unspecified atom stereocenters. The molecular formula is C21H21FN2O4S. The van der Waals surface area contributed by atoms with Crippen LogP contribution in [0.3, 0.4) is 0 Å². The first-order valence-corrected chi connectivity index (χ1v) is 10.5. The zero-order chi connectivity index (χ0) is 20.2. The predicted octanol–water partition coefficient (Wildman–Crippen LogP) is 1.92. The zero-order valence-electron chi connectivity index (χ0n) is 15.6. The Hall–Kier alpha value is -2.74. The highest BCUT2D eigenvalue weighted by Crippen LogP contribution is 2.30. The molecule has 3 atom stereocenters. The fourth-order valence-corrected chi connectivity index (χ4v) is 4.41. The van der Waals surface area contributed by atoms with Gasteiger partial charge in [0, 0.05) is 5.75 Å². The second-order valence-corrected chi connectivity index (χ2v) is 8.19. The van der Waals surface area contributed by atoms with Gasteiger partial charge in [0.1, 0.15) is 24.6 Å². The average molecular weight is 416 g/mol. The van der Waals surface area contributed by atoms with Crippen molar-refractivity contribution in [1.29, 1.82) is 0 Å². The Balaban J connectivity index is 1.24. The van der Waals surface area contributed by atoms with Gasteiger partial charge in [0.2, 0.25) is 11.8 Å². The van der Waals surface area contributed by atoms with Gasteiger partial charge < -0.3 is 20.1 Å². The summed E-state index contributed by atoms with van der Waals surface area (Å²) in [6, 6.07) is 12.9. The van der Waals surface area contributed by atoms with E-state index in [-0.39, 0.29) is 29.0 Å². The van der Waals surface area contributed by atoms with Gasteiger partial charge in [-0.05, 0) is 36.2 Å². The molecule has 2 N–H and O–H groups in total. The van der Waals surface area contributed by atoms with E-state index < -0.39 is 6.04 Å². The third-order valence-electron chi connectivity index (χ3n) is 4.80. The van der Waals surface area contributed by atoms with Crippen molar-refractivity contribution in [3.63, 3.8) is 0 Å². The first kappa shape index (κ1) is 19.6. The number of carbonyl (C=O) groups is 2. The normalized spacial score (nSPS) is 23.2. The van der Waals surface area contributed by atoms with E-state index in [0.29, 0.717) is 36.8 Å². The highest BCUT2D eigenvalue weighted by Gasteiger charge is 2.33. The maximum atomic E-state index is 13.0. The van der Waals surface area contributed by atoms with E-state index in [4.69, 9.17) is 9.47 Å². The van der Waals surface area contributed by atoms with E-state index in [2.05, 4.69) is 10.6 Å². The third kappa shape index (κ3) is 4.82. The lowest BCUT2D eigenvalue weighted by molar-refractivity contribution is -0.128. The number of hydrogen-bond donors (Lipinski definition) is 2. The van der Waals surface area contributed by atoms with E-state index >= 15 is 0 Å². The van der Waals surface area contributed by atoms with Crippen molar-refractivity contribution >= 4 is 23.6 Å². The highest BCUT2D eigenvalue weighted by molar-refractivity contribution is 8.00. The minimum atomic E-state index is -0.589. The standard InChI is InChI=1S/C21H21FN2O4S/c22-14-7-5-13(6-8-14)9-19-21(26)24-16(12-29-19)20(25)23-10-15-11-27-17-3-1-2-4-18(17)28-15/h1-8,15-16,19H,9-12H2,(H,23,25)(H,24,26)/t15-,16+,19-/m1/s1. The van der Waals surface area contributed by atoms with E-state index in [9.17, 15) is 14.0 Å². The summed E-state index contributed by atoms with van der Waals surface area (Å²) in [4.78, 5) is 24.9. The van der Waals surface area contributed by atoms with Gasteiger partial charge >= 0.3 is 0 Å². The fourth-order valence-electron chi connectivity index (χ4n) is 3.22. The largest absolute Gasteiger partial charge is 0.486 e. The molecule has 0 aliphatic carbocycles. The number of thioether (sulfide) groups is 1. The molecule has 0 bridgehead atoms. The minimum Gasteiger partial charge on any atom is -0.486 e. The van der Waals surface area contributed by atoms with Crippen LogP contribution >= 0.6 is 11.8 Å². The number of fused-ring (bicyclic) bond motifs is 1. The average Bonchev–Trinajstić information content (AvgIpc) is 2.74. The van der Waals surface area contributed by atoms with Crippen LogP contribution in [0.25, 0.3) is 0 Å². The summed E-state index contributed by atoms with van der Waals surface area (Å²) in [7, 11) is 0. The number of benzene rings is 2. The summed E-state index contributed by atoms with van der Waals surface area (Å²) < 4.78 is 24.5. The van der Waals surface area contributed by atoms with Gasteiger partial charge in [0.25, 0.3) is 0 Å². The number of rotatable bonds is 5. The maximum absolute atomic E-state index is 13.0. The Bertz CT molecular complexity index is 893. The van der Waals surface area contributed by atoms with Crippen molar-refractivity contribution in [2.75, 3.05) is 18.9 Å². The van der Waals surface area contributed by atoms with Crippen molar-refractivity contribution in [1.82, 2.24) is 10.6 Å². The lowest BCUT2D eigenvalue weighted by Gasteiger charge is -2.30. The quantitative estimate of drug-likeness (QED) is 0.779. The van der Waals surface area contributed by atoms with Crippen LogP contribution in [0, 0.1) is 5.82 Å². The van der Waals surface area contributed by atoms with Crippen LogP contribution in [0.15, 0.2) is 48.5 Å². The van der Waals surface area contributed by atoms with Crippen molar-refractivity contribution in [3.8, 4) is 11.5 Å². The Labute approximate surface area is 172 Å². The first-order chi connectivity index (χ1) is 14.1. The summed E-state index contributed by atoms with van der Waals surface area (Å²) in [6.45, 7) is 0.645. The lowest BCUT2D eigenvalue weighted by atomic mass is 10.1. The molecule has 0 spiro atoms. The van der Waals surface area contributed by atoms with Crippen molar-refractivity contribution in [3.05, 3.63) is 59.9 Å². The van der Waals surface area contributed by atoms with Gasteiger partial charge in [0.05, 0.1) is 11.8 Å². The molecule has 1 fully saturated rings. The Morgan fingerprint density at radius 2 is 1.93 bits per heavy atom. The molecule has 2 heterocycles. The molecular weight excluding hydrogens is 395 g/mol. The molecule has 0 aromatic heterocycles. The molecule has 2 aliphatic heterocycles. The highest BCUT2D eigenvalue weighted by atomic mass is 32.2. The molecule has 4 rings (SSSR count). The molecule has 8 heteroatoms. The molecule has 2 aromatic rings. The molecule has 2 aliphatic rings. The number of halogens is 1. The van der Waals surface area contributed by atoms with E-state index in [0.717, 1.165) is 5.56 Å². The molecule has 2 amide bonds. The maximum Gasteiger partial charge on any atom is 0.243 e. The van der Waals surface area contributed by atoms with Crippen molar-refractivity contribution < 1.29 is 23.5 Å². The minimum absolute atomic E-state index is 0.183.